The third kappa shape index (κ3) is 3.65. The molecule has 2 rings (SSSR count). The molecule has 82 valence electrons. The Hall–Kier alpha value is -0.860. The quantitative estimate of drug-likeness (QED) is 0.783. The van der Waals surface area contributed by atoms with E-state index in [1.807, 2.05) is 0 Å². The van der Waals surface area contributed by atoms with Gasteiger partial charge in [0.25, 0.3) is 0 Å². The van der Waals surface area contributed by atoms with Crippen molar-refractivity contribution in [3.05, 3.63) is 35.9 Å². The first-order chi connectivity index (χ1) is 7.45. The SMILES string of the molecule is c1ccc(CNCC2CCCCN2)cc1. The lowest BCUT2D eigenvalue weighted by atomic mass is 10.1. The molecule has 0 radical (unpaired) electrons. The Labute approximate surface area is 92.1 Å². The summed E-state index contributed by atoms with van der Waals surface area (Å²) in [6.45, 7) is 3.27. The smallest absolute Gasteiger partial charge is 0.0206 e. The Morgan fingerprint density at radius 2 is 2.07 bits per heavy atom. The Bertz CT molecular complexity index is 265. The lowest BCUT2D eigenvalue weighted by Gasteiger charge is -2.23. The maximum absolute atomic E-state index is 3.54. The largest absolute Gasteiger partial charge is 0.313 e. The highest BCUT2D eigenvalue weighted by Gasteiger charge is 2.10. The Balaban J connectivity index is 1.66. The molecule has 0 spiro atoms. The number of hydrogen-bond donors (Lipinski definition) is 2. The second-order valence-electron chi connectivity index (χ2n) is 4.26. The molecule has 2 N–H and O–H groups in total. The van der Waals surface area contributed by atoms with E-state index in [0.717, 1.165) is 13.1 Å². The van der Waals surface area contributed by atoms with E-state index in [0.29, 0.717) is 6.04 Å². The highest BCUT2D eigenvalue weighted by Crippen LogP contribution is 2.06. The van der Waals surface area contributed by atoms with Crippen LogP contribution in [0.15, 0.2) is 30.3 Å². The van der Waals surface area contributed by atoms with Gasteiger partial charge < -0.3 is 10.6 Å². The van der Waals surface area contributed by atoms with Crippen LogP contribution in [0.3, 0.4) is 0 Å². The number of piperidine rings is 1. The molecular weight excluding hydrogens is 184 g/mol. The molecule has 1 aliphatic heterocycles. The van der Waals surface area contributed by atoms with Gasteiger partial charge in [-0.15, -0.1) is 0 Å². The third-order valence-electron chi connectivity index (χ3n) is 2.98. The molecule has 0 amide bonds. The van der Waals surface area contributed by atoms with Crippen LogP contribution in [0, 0.1) is 0 Å². The minimum absolute atomic E-state index is 0.683. The summed E-state index contributed by atoms with van der Waals surface area (Å²) in [5.74, 6) is 0. The van der Waals surface area contributed by atoms with Gasteiger partial charge in [0.2, 0.25) is 0 Å². The van der Waals surface area contributed by atoms with Crippen LogP contribution in [0.1, 0.15) is 24.8 Å². The molecule has 0 aromatic heterocycles. The summed E-state index contributed by atoms with van der Waals surface area (Å²) in [5, 5.41) is 7.05. The standard InChI is InChI=1S/C13H20N2/c1-2-6-12(7-3-1)10-14-11-13-8-4-5-9-15-13/h1-3,6-7,13-15H,4-5,8-11H2. The lowest BCUT2D eigenvalue weighted by Crippen LogP contribution is -2.41. The van der Waals surface area contributed by atoms with E-state index in [9.17, 15) is 0 Å². The van der Waals surface area contributed by atoms with E-state index in [-0.39, 0.29) is 0 Å². The molecule has 0 aliphatic carbocycles. The third-order valence-corrected chi connectivity index (χ3v) is 2.98. The molecule has 1 aromatic carbocycles. The summed E-state index contributed by atoms with van der Waals surface area (Å²) in [5.41, 5.74) is 1.37. The summed E-state index contributed by atoms with van der Waals surface area (Å²) in [7, 11) is 0. The van der Waals surface area contributed by atoms with Crippen molar-refractivity contribution in [2.45, 2.75) is 31.8 Å². The number of nitrogens with one attached hydrogen (secondary N) is 2. The van der Waals surface area contributed by atoms with Gasteiger partial charge in [0, 0.05) is 19.1 Å². The Morgan fingerprint density at radius 1 is 1.20 bits per heavy atom. The molecule has 1 aromatic rings. The minimum Gasteiger partial charge on any atom is -0.313 e. The fourth-order valence-corrected chi connectivity index (χ4v) is 2.08. The van der Waals surface area contributed by atoms with E-state index in [1.165, 1.54) is 31.4 Å². The van der Waals surface area contributed by atoms with E-state index in [2.05, 4.69) is 41.0 Å². The maximum Gasteiger partial charge on any atom is 0.0206 e. The number of hydrogen-bond acceptors (Lipinski definition) is 2. The van der Waals surface area contributed by atoms with Gasteiger partial charge in [-0.05, 0) is 24.9 Å². The van der Waals surface area contributed by atoms with E-state index in [1.54, 1.807) is 0 Å². The molecule has 15 heavy (non-hydrogen) atoms. The van der Waals surface area contributed by atoms with E-state index in [4.69, 9.17) is 0 Å². The van der Waals surface area contributed by atoms with Crippen molar-refractivity contribution in [1.82, 2.24) is 10.6 Å². The second kappa shape index (κ2) is 5.89. The van der Waals surface area contributed by atoms with Crippen LogP contribution in [0.4, 0.5) is 0 Å². The summed E-state index contributed by atoms with van der Waals surface area (Å²) in [6, 6.07) is 11.3. The summed E-state index contributed by atoms with van der Waals surface area (Å²) >= 11 is 0. The number of benzene rings is 1. The highest BCUT2D eigenvalue weighted by molar-refractivity contribution is 5.14. The molecule has 1 aliphatic rings. The van der Waals surface area contributed by atoms with Crippen LogP contribution in [-0.2, 0) is 6.54 Å². The van der Waals surface area contributed by atoms with Gasteiger partial charge in [-0.2, -0.15) is 0 Å². The van der Waals surface area contributed by atoms with Crippen molar-refractivity contribution in [3.8, 4) is 0 Å². The molecule has 2 nitrogen and oxygen atoms in total. The molecule has 1 unspecified atom stereocenters. The predicted molar refractivity (Wildman–Crippen MR) is 63.8 cm³/mol. The van der Waals surface area contributed by atoms with Crippen molar-refractivity contribution in [2.24, 2.45) is 0 Å². The predicted octanol–water partition coefficient (Wildman–Crippen LogP) is 1.92. The topological polar surface area (TPSA) is 24.1 Å². The highest BCUT2D eigenvalue weighted by atomic mass is 15.0. The maximum atomic E-state index is 3.54. The fourth-order valence-electron chi connectivity index (χ4n) is 2.08. The normalized spacial score (nSPS) is 21.5. The van der Waals surface area contributed by atoms with Gasteiger partial charge in [0.1, 0.15) is 0 Å². The molecule has 1 heterocycles. The molecular formula is C13H20N2. The molecule has 1 saturated heterocycles. The van der Waals surface area contributed by atoms with Crippen LogP contribution in [0.5, 0.6) is 0 Å². The van der Waals surface area contributed by atoms with Gasteiger partial charge in [0.05, 0.1) is 0 Å². The van der Waals surface area contributed by atoms with Crippen LogP contribution >= 0.6 is 0 Å². The van der Waals surface area contributed by atoms with Gasteiger partial charge in [-0.3, -0.25) is 0 Å². The van der Waals surface area contributed by atoms with Crippen molar-refractivity contribution in [2.75, 3.05) is 13.1 Å². The van der Waals surface area contributed by atoms with Crippen molar-refractivity contribution >= 4 is 0 Å². The van der Waals surface area contributed by atoms with Crippen molar-refractivity contribution < 1.29 is 0 Å². The van der Waals surface area contributed by atoms with E-state index >= 15 is 0 Å². The molecule has 2 heteroatoms. The zero-order valence-electron chi connectivity index (χ0n) is 9.21. The molecule has 0 saturated carbocycles. The van der Waals surface area contributed by atoms with E-state index < -0.39 is 0 Å². The summed E-state index contributed by atoms with van der Waals surface area (Å²) in [6.07, 6.45) is 4.04. The minimum atomic E-state index is 0.683. The summed E-state index contributed by atoms with van der Waals surface area (Å²) in [4.78, 5) is 0. The fraction of sp³-hybridized carbons (Fsp3) is 0.538. The van der Waals surface area contributed by atoms with Crippen LogP contribution in [0.25, 0.3) is 0 Å². The first kappa shape index (κ1) is 10.7. The monoisotopic (exact) mass is 204 g/mol. The van der Waals surface area contributed by atoms with Gasteiger partial charge >= 0.3 is 0 Å². The first-order valence-electron chi connectivity index (χ1n) is 5.93. The lowest BCUT2D eigenvalue weighted by molar-refractivity contribution is 0.383. The molecule has 1 atom stereocenters. The average Bonchev–Trinajstić information content (AvgIpc) is 2.32. The molecule has 1 fully saturated rings. The van der Waals surface area contributed by atoms with Gasteiger partial charge in [0.15, 0.2) is 0 Å². The van der Waals surface area contributed by atoms with Gasteiger partial charge in [-0.1, -0.05) is 36.8 Å². The van der Waals surface area contributed by atoms with Crippen LogP contribution in [0.2, 0.25) is 0 Å². The van der Waals surface area contributed by atoms with Gasteiger partial charge in [-0.25, -0.2) is 0 Å². The Morgan fingerprint density at radius 3 is 2.80 bits per heavy atom. The Kier molecular flexibility index (Phi) is 4.18. The zero-order chi connectivity index (χ0) is 10.3. The first-order valence-corrected chi connectivity index (χ1v) is 5.93. The average molecular weight is 204 g/mol. The van der Waals surface area contributed by atoms with Crippen molar-refractivity contribution in [1.29, 1.82) is 0 Å². The molecule has 0 bridgehead atoms. The van der Waals surface area contributed by atoms with Crippen LogP contribution < -0.4 is 10.6 Å². The van der Waals surface area contributed by atoms with Crippen LogP contribution in [-0.4, -0.2) is 19.1 Å². The summed E-state index contributed by atoms with van der Waals surface area (Å²) < 4.78 is 0. The second-order valence-corrected chi connectivity index (χ2v) is 4.26. The zero-order valence-corrected chi connectivity index (χ0v) is 9.21. The van der Waals surface area contributed by atoms with Crippen molar-refractivity contribution in [3.63, 3.8) is 0 Å². The number of rotatable bonds is 4.